The number of anilines is 5. The van der Waals surface area contributed by atoms with E-state index < -0.39 is 48.0 Å². The highest BCUT2D eigenvalue weighted by molar-refractivity contribution is 7.86. The summed E-state index contributed by atoms with van der Waals surface area (Å²) in [5.74, 6) is -1.14. The van der Waals surface area contributed by atoms with Crippen molar-refractivity contribution in [2.24, 2.45) is 0 Å². The van der Waals surface area contributed by atoms with Crippen LogP contribution in [0, 0.1) is 15.3 Å². The van der Waals surface area contributed by atoms with Crippen molar-refractivity contribution < 1.29 is 28.2 Å². The first kappa shape index (κ1) is 19.8. The maximum Gasteiger partial charge on any atom is 0.296 e. The Morgan fingerprint density at radius 3 is 2.19 bits per heavy atom. The molecule has 0 saturated heterocycles. The number of rotatable bonds is 6. The molecule has 0 aliphatic carbocycles. The Bertz CT molecular complexity index is 1010. The van der Waals surface area contributed by atoms with Gasteiger partial charge in [0.1, 0.15) is 4.90 Å². The molecule has 2 aromatic carbocycles. The molecule has 0 fully saturated rings. The fraction of sp³-hybridized carbons (Fsp3) is 0. The fourth-order valence-electron chi connectivity index (χ4n) is 2.02. The molecule has 2 rings (SSSR count). The lowest BCUT2D eigenvalue weighted by Gasteiger charge is -2.25. The normalized spacial score (nSPS) is 11.1. The highest BCUT2D eigenvalue weighted by Crippen LogP contribution is 2.36. The van der Waals surface area contributed by atoms with Crippen molar-refractivity contribution in [3.05, 3.63) is 39.6 Å². The van der Waals surface area contributed by atoms with E-state index in [1.54, 1.807) is 0 Å². The Labute approximate surface area is 151 Å². The number of hydrogen-bond donors (Lipinski definition) is 6. The average Bonchev–Trinajstić information content (AvgIpc) is 2.53. The largest absolute Gasteiger partial charge is 0.866 e. The van der Waals surface area contributed by atoms with E-state index in [9.17, 15) is 28.8 Å². The number of hydrogen-bond acceptors (Lipinski definition) is 12. The molecule has 0 aromatic heterocycles. The van der Waals surface area contributed by atoms with Crippen molar-refractivity contribution in [2.75, 3.05) is 27.5 Å². The summed E-state index contributed by atoms with van der Waals surface area (Å²) in [4.78, 5) is 9.16. The van der Waals surface area contributed by atoms with E-state index in [2.05, 4.69) is 10.9 Å². The number of hydrazine groups is 1. The number of benzene rings is 2. The Hall–Kier alpha value is -3.53. The van der Waals surface area contributed by atoms with E-state index in [4.69, 9.17) is 21.2 Å². The maximum atomic E-state index is 12.0. The number of nitrogens with two attached hydrogens (primary N) is 2. The first-order valence-electron chi connectivity index (χ1n) is 6.76. The van der Waals surface area contributed by atoms with Crippen molar-refractivity contribution in [3.8, 4) is 5.75 Å². The van der Waals surface area contributed by atoms with Gasteiger partial charge in [-0.3, -0.25) is 25.3 Å². The quantitative estimate of drug-likeness (QED) is 0.164. The van der Waals surface area contributed by atoms with Crippen LogP contribution in [0.25, 0.3) is 0 Å². The van der Waals surface area contributed by atoms with E-state index >= 15 is 0 Å². The average molecular weight is 400 g/mol. The molecule has 0 saturated carbocycles. The Morgan fingerprint density at radius 1 is 1.07 bits per heavy atom. The summed E-state index contributed by atoms with van der Waals surface area (Å²) < 4.78 is 31.7. The molecule has 0 amide bonds. The minimum absolute atomic E-state index is 0.0990. The summed E-state index contributed by atoms with van der Waals surface area (Å²) in [5, 5.41) is 42.1. The second-order valence-electron chi connectivity index (χ2n) is 5.07. The molecule has 0 unspecified atom stereocenters. The molecule has 0 spiro atoms. The first-order chi connectivity index (χ1) is 12.4. The van der Waals surface area contributed by atoms with Crippen LogP contribution in [0.1, 0.15) is 0 Å². The van der Waals surface area contributed by atoms with Crippen LogP contribution < -0.4 is 32.7 Å². The SMILES string of the molecule is Nc1cc(N)c(S(=O)(=O)O)cc1NNc1cc(N([O-])O)cc([N+](=O)[O-])c1[O-]. The smallest absolute Gasteiger partial charge is 0.296 e. The van der Waals surface area contributed by atoms with E-state index in [1.807, 2.05) is 0 Å². The van der Waals surface area contributed by atoms with Gasteiger partial charge in [0.15, 0.2) is 0 Å². The highest BCUT2D eigenvalue weighted by atomic mass is 32.2. The van der Waals surface area contributed by atoms with Crippen LogP contribution >= 0.6 is 0 Å². The first-order valence-corrected chi connectivity index (χ1v) is 8.20. The van der Waals surface area contributed by atoms with E-state index in [-0.39, 0.29) is 17.1 Å². The van der Waals surface area contributed by atoms with Gasteiger partial charge in [0.2, 0.25) is 0 Å². The van der Waals surface area contributed by atoms with Crippen LogP contribution in [0.3, 0.4) is 0 Å². The van der Waals surface area contributed by atoms with Gasteiger partial charge in [0.25, 0.3) is 15.8 Å². The third-order valence-corrected chi connectivity index (χ3v) is 4.17. The monoisotopic (exact) mass is 400 g/mol. The topological polar surface area (TPSA) is 243 Å². The standard InChI is InChI=1S/C12H13N6O8S/c13-6-3-7(14)11(27(24,25)26)4-8(6)15-16-9-1-5(17(20)21)2-10(12(9)19)18(22)23/h1-4,15-16,19-20H,13-14H2,(H,24,25,26)/q-1/p-1. The Kier molecular flexibility index (Phi) is 5.13. The van der Waals surface area contributed by atoms with Crippen molar-refractivity contribution in [3.63, 3.8) is 0 Å². The molecule has 8 N–H and O–H groups in total. The van der Waals surface area contributed by atoms with Crippen LogP contribution in [0.5, 0.6) is 5.75 Å². The third-order valence-electron chi connectivity index (χ3n) is 3.26. The molecule has 27 heavy (non-hydrogen) atoms. The van der Waals surface area contributed by atoms with Gasteiger partial charge in [0.05, 0.1) is 33.4 Å². The molecular weight excluding hydrogens is 388 g/mol. The van der Waals surface area contributed by atoms with Gasteiger partial charge >= 0.3 is 0 Å². The molecule has 14 nitrogen and oxygen atoms in total. The van der Waals surface area contributed by atoms with Crippen molar-refractivity contribution in [2.45, 2.75) is 4.90 Å². The number of nitro benzene ring substituents is 1. The highest BCUT2D eigenvalue weighted by Gasteiger charge is 2.18. The molecule has 0 aliphatic rings. The minimum Gasteiger partial charge on any atom is -0.866 e. The Morgan fingerprint density at radius 2 is 1.67 bits per heavy atom. The number of nitrogens with zero attached hydrogens (tertiary/aromatic N) is 2. The zero-order chi connectivity index (χ0) is 20.5. The van der Waals surface area contributed by atoms with Crippen LogP contribution in [-0.4, -0.2) is 23.1 Å². The van der Waals surface area contributed by atoms with Gasteiger partial charge in [-0.25, -0.2) is 0 Å². The molecular formula is C12H12N6O8S-2. The summed E-state index contributed by atoms with van der Waals surface area (Å²) in [6.07, 6.45) is 0. The van der Waals surface area contributed by atoms with E-state index in [1.165, 1.54) is 0 Å². The Balaban J connectivity index is 2.44. The van der Waals surface area contributed by atoms with Crippen LogP contribution in [-0.2, 0) is 10.1 Å². The van der Waals surface area contributed by atoms with E-state index in [0.29, 0.717) is 6.07 Å². The third kappa shape index (κ3) is 4.18. The summed E-state index contributed by atoms with van der Waals surface area (Å²) in [7, 11) is -4.68. The summed E-state index contributed by atoms with van der Waals surface area (Å²) >= 11 is 0. The fourth-order valence-corrected chi connectivity index (χ4v) is 2.64. The van der Waals surface area contributed by atoms with Gasteiger partial charge in [-0.05, 0) is 23.9 Å². The van der Waals surface area contributed by atoms with Gasteiger partial charge in [-0.2, -0.15) is 8.42 Å². The molecule has 0 heterocycles. The molecule has 0 aliphatic heterocycles. The van der Waals surface area contributed by atoms with Crippen molar-refractivity contribution in [1.82, 2.24) is 0 Å². The number of nitrogens with one attached hydrogen (secondary N) is 2. The second kappa shape index (κ2) is 7.00. The van der Waals surface area contributed by atoms with Gasteiger partial charge in [-0.15, -0.1) is 0 Å². The van der Waals surface area contributed by atoms with Crippen molar-refractivity contribution in [1.29, 1.82) is 0 Å². The van der Waals surface area contributed by atoms with Crippen LogP contribution in [0.4, 0.5) is 34.1 Å². The zero-order valence-electron chi connectivity index (χ0n) is 13.1. The summed E-state index contributed by atoms with van der Waals surface area (Å²) in [6, 6.07) is 3.22. The minimum atomic E-state index is -4.68. The van der Waals surface area contributed by atoms with Crippen molar-refractivity contribution >= 4 is 44.2 Å². The molecule has 0 radical (unpaired) electrons. The predicted molar refractivity (Wildman–Crippen MR) is 92.5 cm³/mol. The van der Waals surface area contributed by atoms with Gasteiger partial charge in [-0.1, -0.05) is 0 Å². The van der Waals surface area contributed by atoms with E-state index in [0.717, 1.165) is 18.2 Å². The summed E-state index contributed by atoms with van der Waals surface area (Å²) in [6.45, 7) is 0. The summed E-state index contributed by atoms with van der Waals surface area (Å²) in [5.41, 5.74) is 12.9. The predicted octanol–water partition coefficient (Wildman–Crippen LogP) is 0.212. The molecule has 146 valence electrons. The lowest BCUT2D eigenvalue weighted by Crippen LogP contribution is -2.16. The van der Waals surface area contributed by atoms with Gasteiger partial charge in [0, 0.05) is 6.07 Å². The lowest BCUT2D eigenvalue weighted by molar-refractivity contribution is -0.397. The lowest BCUT2D eigenvalue weighted by atomic mass is 10.2. The molecule has 2 aromatic rings. The molecule has 15 heteroatoms. The second-order valence-corrected chi connectivity index (χ2v) is 6.46. The zero-order valence-corrected chi connectivity index (χ0v) is 13.9. The maximum absolute atomic E-state index is 12.0. The number of nitrogen functional groups attached to an aromatic ring is 2. The molecule has 0 atom stereocenters. The van der Waals surface area contributed by atoms with Crippen LogP contribution in [0.2, 0.25) is 0 Å². The number of nitro groups is 1. The van der Waals surface area contributed by atoms with Gasteiger partial charge < -0.3 is 32.4 Å². The van der Waals surface area contributed by atoms with Crippen LogP contribution in [0.15, 0.2) is 29.2 Å². The molecule has 0 bridgehead atoms.